The van der Waals surface area contributed by atoms with Crippen LogP contribution in [0.25, 0.3) is 0 Å². The minimum atomic E-state index is -3.58. The molecule has 1 amide bonds. The molecule has 2 heterocycles. The fourth-order valence-electron chi connectivity index (χ4n) is 2.72. The summed E-state index contributed by atoms with van der Waals surface area (Å²) in [5.41, 5.74) is -2.21. The van der Waals surface area contributed by atoms with Crippen molar-refractivity contribution in [2.24, 2.45) is 0 Å². The second kappa shape index (κ2) is 6.98. The zero-order valence-electron chi connectivity index (χ0n) is 12.7. The van der Waals surface area contributed by atoms with Crippen LogP contribution >= 0.6 is 0 Å². The van der Waals surface area contributed by atoms with Crippen molar-refractivity contribution in [2.45, 2.75) is 37.6 Å². The van der Waals surface area contributed by atoms with Gasteiger partial charge in [0.05, 0.1) is 12.5 Å². The standard InChI is InChI=1S/C14H15F5N2O4/c15-10(16)11(17)21-4-7(3-8(6-22)12(21)23)9-5-20(13(24)25)2-1-14(9,18)19/h3-4,9-11,22H,1-2,5-6H2,(H,24,25). The lowest BCUT2D eigenvalue weighted by Gasteiger charge is -2.37. The molecule has 2 atom stereocenters. The second-order valence-electron chi connectivity index (χ2n) is 5.67. The zero-order valence-corrected chi connectivity index (χ0v) is 12.7. The quantitative estimate of drug-likeness (QED) is 0.796. The highest BCUT2D eigenvalue weighted by Gasteiger charge is 2.46. The van der Waals surface area contributed by atoms with Crippen LogP contribution in [0.1, 0.15) is 29.8 Å². The Balaban J connectivity index is 2.54. The number of hydrogen-bond donors (Lipinski definition) is 2. The molecule has 11 heteroatoms. The van der Waals surface area contributed by atoms with E-state index in [1.165, 1.54) is 0 Å². The van der Waals surface area contributed by atoms with Crippen molar-refractivity contribution < 1.29 is 37.0 Å². The van der Waals surface area contributed by atoms with Gasteiger partial charge in [0.1, 0.15) is 0 Å². The third-order valence-corrected chi connectivity index (χ3v) is 4.08. The predicted molar refractivity (Wildman–Crippen MR) is 74.7 cm³/mol. The minimum Gasteiger partial charge on any atom is -0.465 e. The molecule has 0 aliphatic carbocycles. The van der Waals surface area contributed by atoms with Crippen LogP contribution in [0.3, 0.4) is 0 Å². The molecule has 0 saturated carbocycles. The van der Waals surface area contributed by atoms with Crippen LogP contribution in [0.4, 0.5) is 26.7 Å². The lowest BCUT2D eigenvalue weighted by molar-refractivity contribution is -0.0709. The molecule has 1 fully saturated rings. The van der Waals surface area contributed by atoms with Gasteiger partial charge in [0.2, 0.25) is 6.30 Å². The number of carbonyl (C=O) groups is 1. The van der Waals surface area contributed by atoms with Gasteiger partial charge in [-0.15, -0.1) is 0 Å². The monoisotopic (exact) mass is 370 g/mol. The number of alkyl halides is 5. The molecular formula is C14H15F5N2O4. The number of rotatable bonds is 4. The van der Waals surface area contributed by atoms with E-state index in [0.717, 1.165) is 11.0 Å². The van der Waals surface area contributed by atoms with Gasteiger partial charge in [-0.3, -0.25) is 9.36 Å². The van der Waals surface area contributed by atoms with Crippen LogP contribution in [0.2, 0.25) is 0 Å². The third-order valence-electron chi connectivity index (χ3n) is 4.08. The number of pyridine rings is 1. The van der Waals surface area contributed by atoms with Crippen LogP contribution in [0.15, 0.2) is 17.1 Å². The van der Waals surface area contributed by atoms with Crippen molar-refractivity contribution in [3.8, 4) is 0 Å². The molecule has 25 heavy (non-hydrogen) atoms. The van der Waals surface area contributed by atoms with Crippen LogP contribution in [0.5, 0.6) is 0 Å². The van der Waals surface area contributed by atoms with Crippen LogP contribution in [-0.4, -0.2) is 51.2 Å². The normalized spacial score (nSPS) is 21.4. The second-order valence-corrected chi connectivity index (χ2v) is 5.67. The summed E-state index contributed by atoms with van der Waals surface area (Å²) >= 11 is 0. The molecule has 1 aromatic rings. The first-order valence-electron chi connectivity index (χ1n) is 7.22. The first kappa shape index (κ1) is 19.2. The zero-order chi connectivity index (χ0) is 18.9. The highest BCUT2D eigenvalue weighted by molar-refractivity contribution is 5.65. The van der Waals surface area contributed by atoms with E-state index in [1.807, 2.05) is 0 Å². The molecule has 1 saturated heterocycles. The summed E-state index contributed by atoms with van der Waals surface area (Å²) in [6.45, 7) is -2.05. The van der Waals surface area contributed by atoms with Gasteiger partial charge in [-0.05, 0) is 11.6 Å². The van der Waals surface area contributed by atoms with Gasteiger partial charge in [0.15, 0.2) is 0 Å². The van der Waals surface area contributed by atoms with Crippen molar-refractivity contribution in [2.75, 3.05) is 13.1 Å². The van der Waals surface area contributed by atoms with Crippen molar-refractivity contribution in [3.63, 3.8) is 0 Å². The number of halogens is 5. The Morgan fingerprint density at radius 2 is 2.00 bits per heavy atom. The van der Waals surface area contributed by atoms with E-state index in [4.69, 9.17) is 10.2 Å². The first-order valence-corrected chi connectivity index (χ1v) is 7.22. The number of aromatic nitrogens is 1. The third kappa shape index (κ3) is 3.75. The Labute approximate surface area is 138 Å². The summed E-state index contributed by atoms with van der Waals surface area (Å²) in [5, 5.41) is 18.1. The molecule has 0 bridgehead atoms. The number of aliphatic hydroxyl groups excluding tert-OH is 1. The smallest absolute Gasteiger partial charge is 0.407 e. The summed E-state index contributed by atoms with van der Waals surface area (Å²) < 4.78 is 67.2. The van der Waals surface area contributed by atoms with Gasteiger partial charge in [-0.1, -0.05) is 0 Å². The number of hydrogen-bond acceptors (Lipinski definition) is 3. The van der Waals surface area contributed by atoms with Crippen molar-refractivity contribution >= 4 is 6.09 Å². The van der Waals surface area contributed by atoms with Crippen molar-refractivity contribution in [3.05, 3.63) is 33.7 Å². The van der Waals surface area contributed by atoms with E-state index in [1.54, 1.807) is 0 Å². The number of amides is 1. The average Bonchev–Trinajstić information content (AvgIpc) is 2.54. The molecule has 2 N–H and O–H groups in total. The molecule has 1 aromatic heterocycles. The summed E-state index contributed by atoms with van der Waals surface area (Å²) in [4.78, 5) is 23.6. The van der Waals surface area contributed by atoms with Crippen LogP contribution in [0, 0.1) is 0 Å². The van der Waals surface area contributed by atoms with Gasteiger partial charge < -0.3 is 15.1 Å². The molecule has 2 rings (SSSR count). The lowest BCUT2D eigenvalue weighted by atomic mass is 9.87. The van der Waals surface area contributed by atoms with Gasteiger partial charge in [-0.2, -0.15) is 0 Å². The fraction of sp³-hybridized carbons (Fsp3) is 0.571. The molecule has 6 nitrogen and oxygen atoms in total. The minimum absolute atomic E-state index is 0.0542. The maximum Gasteiger partial charge on any atom is 0.407 e. The Kier molecular flexibility index (Phi) is 5.35. The summed E-state index contributed by atoms with van der Waals surface area (Å²) in [5.74, 6) is -5.16. The van der Waals surface area contributed by atoms with Crippen molar-refractivity contribution in [1.82, 2.24) is 9.47 Å². The number of piperidine rings is 1. The number of likely N-dealkylation sites (tertiary alicyclic amines) is 1. The fourth-order valence-corrected chi connectivity index (χ4v) is 2.72. The van der Waals surface area contributed by atoms with E-state index < -0.39 is 73.5 Å². The molecule has 0 aromatic carbocycles. The Hall–Kier alpha value is -2.17. The lowest BCUT2D eigenvalue weighted by Crippen LogP contribution is -2.48. The van der Waals surface area contributed by atoms with Crippen LogP contribution < -0.4 is 5.56 Å². The van der Waals surface area contributed by atoms with E-state index in [0.29, 0.717) is 6.20 Å². The Bertz CT molecular complexity index is 709. The van der Waals surface area contributed by atoms with Crippen LogP contribution in [-0.2, 0) is 6.61 Å². The highest BCUT2D eigenvalue weighted by Crippen LogP contribution is 2.40. The molecule has 0 radical (unpaired) electrons. The molecule has 1 aliphatic heterocycles. The van der Waals surface area contributed by atoms with Gasteiger partial charge in [-0.25, -0.2) is 26.7 Å². The maximum absolute atomic E-state index is 14.2. The number of aliphatic hydroxyl groups is 1. The van der Waals surface area contributed by atoms with Gasteiger partial charge in [0.25, 0.3) is 17.9 Å². The largest absolute Gasteiger partial charge is 0.465 e. The predicted octanol–water partition coefficient (Wildman–Crippen LogP) is 2.18. The molecule has 1 aliphatic rings. The molecule has 0 spiro atoms. The van der Waals surface area contributed by atoms with E-state index in [-0.39, 0.29) is 4.57 Å². The SMILES string of the molecule is O=C(O)N1CCC(F)(F)C(c2cc(CO)c(=O)n(C(F)C(F)F)c2)C1. The molecular weight excluding hydrogens is 355 g/mol. The van der Waals surface area contributed by atoms with E-state index >= 15 is 0 Å². The first-order chi connectivity index (χ1) is 11.6. The Morgan fingerprint density at radius 3 is 2.52 bits per heavy atom. The summed E-state index contributed by atoms with van der Waals surface area (Å²) in [6, 6.07) is 0.862. The number of carboxylic acid groups (broad SMARTS) is 1. The van der Waals surface area contributed by atoms with E-state index in [2.05, 4.69) is 0 Å². The average molecular weight is 370 g/mol. The molecule has 140 valence electrons. The maximum atomic E-state index is 14.2. The van der Waals surface area contributed by atoms with Gasteiger partial charge in [0, 0.05) is 31.3 Å². The van der Waals surface area contributed by atoms with Crippen molar-refractivity contribution in [1.29, 1.82) is 0 Å². The summed E-state index contributed by atoms with van der Waals surface area (Å²) in [6.07, 6.45) is -8.38. The number of nitrogens with zero attached hydrogens (tertiary/aromatic N) is 2. The van der Waals surface area contributed by atoms with E-state index in [9.17, 15) is 31.5 Å². The summed E-state index contributed by atoms with van der Waals surface area (Å²) in [7, 11) is 0. The highest BCUT2D eigenvalue weighted by atomic mass is 19.3. The Morgan fingerprint density at radius 1 is 1.36 bits per heavy atom. The topological polar surface area (TPSA) is 82.8 Å². The molecule has 2 unspecified atom stereocenters. The van der Waals surface area contributed by atoms with Gasteiger partial charge >= 0.3 is 6.09 Å².